The molecule has 0 bridgehead atoms. The number of primary amides is 1. The number of carbonyl (C=O) groups excluding carboxylic acids is 2. The highest BCUT2D eigenvalue weighted by molar-refractivity contribution is 5.94. The Balaban J connectivity index is 1.90. The first-order valence-corrected chi connectivity index (χ1v) is 7.46. The molecule has 0 saturated carbocycles. The van der Waals surface area contributed by atoms with Crippen LogP contribution in [0.1, 0.15) is 35.2 Å². The van der Waals surface area contributed by atoms with Crippen LogP contribution in [-0.4, -0.2) is 36.3 Å². The smallest absolute Gasteiger partial charge is 0.253 e. The molecule has 0 aliphatic carbocycles. The van der Waals surface area contributed by atoms with Crippen molar-refractivity contribution in [3.63, 3.8) is 0 Å². The number of rotatable bonds is 5. The van der Waals surface area contributed by atoms with Crippen LogP contribution in [-0.2, 0) is 11.2 Å². The summed E-state index contributed by atoms with van der Waals surface area (Å²) in [7, 11) is 0. The van der Waals surface area contributed by atoms with E-state index in [2.05, 4.69) is 0 Å². The molecule has 0 aromatic heterocycles. The van der Waals surface area contributed by atoms with Crippen molar-refractivity contribution in [3.8, 4) is 0 Å². The third-order valence-electron chi connectivity index (χ3n) is 4.03. The van der Waals surface area contributed by atoms with Crippen LogP contribution in [0.25, 0.3) is 0 Å². The van der Waals surface area contributed by atoms with E-state index in [9.17, 15) is 9.59 Å². The van der Waals surface area contributed by atoms with E-state index in [0.717, 1.165) is 24.8 Å². The first kappa shape index (κ1) is 15.5. The van der Waals surface area contributed by atoms with Gasteiger partial charge in [0, 0.05) is 25.1 Å². The average Bonchev–Trinajstić information content (AvgIpc) is 2.48. The molecular weight excluding hydrogens is 266 g/mol. The molecule has 1 aromatic carbocycles. The molecular formula is C16H23N3O2. The Morgan fingerprint density at radius 3 is 2.29 bits per heavy atom. The molecule has 1 saturated heterocycles. The minimum absolute atomic E-state index is 0.0619. The van der Waals surface area contributed by atoms with Crippen molar-refractivity contribution in [2.24, 2.45) is 17.4 Å². The molecule has 4 N–H and O–H groups in total. The summed E-state index contributed by atoms with van der Waals surface area (Å²) in [6.45, 7) is 2.00. The Bertz CT molecular complexity index is 491. The molecule has 1 aliphatic heterocycles. The molecule has 0 unspecified atom stereocenters. The second-order valence-electron chi connectivity index (χ2n) is 5.64. The lowest BCUT2D eigenvalue weighted by Gasteiger charge is -2.31. The lowest BCUT2D eigenvalue weighted by molar-refractivity contribution is -0.119. The zero-order valence-corrected chi connectivity index (χ0v) is 12.3. The van der Waals surface area contributed by atoms with Gasteiger partial charge < -0.3 is 16.4 Å². The highest BCUT2D eigenvalue weighted by Gasteiger charge is 2.24. The maximum Gasteiger partial charge on any atom is 0.253 e. The average molecular weight is 289 g/mol. The molecule has 5 nitrogen and oxygen atoms in total. The van der Waals surface area contributed by atoms with Gasteiger partial charge in [0.15, 0.2) is 0 Å². The minimum atomic E-state index is -0.254. The maximum atomic E-state index is 12.4. The van der Waals surface area contributed by atoms with Crippen molar-refractivity contribution in [3.05, 3.63) is 35.4 Å². The molecule has 1 fully saturated rings. The summed E-state index contributed by atoms with van der Waals surface area (Å²) in [6, 6.07) is 7.64. The second kappa shape index (κ2) is 7.22. The largest absolute Gasteiger partial charge is 0.370 e. The summed E-state index contributed by atoms with van der Waals surface area (Å²) in [5, 5.41) is 0. The number of hydrogen-bond acceptors (Lipinski definition) is 3. The van der Waals surface area contributed by atoms with Gasteiger partial charge in [0.1, 0.15) is 0 Å². The van der Waals surface area contributed by atoms with E-state index in [1.807, 2.05) is 29.2 Å². The van der Waals surface area contributed by atoms with Crippen molar-refractivity contribution in [1.82, 2.24) is 4.90 Å². The number of nitrogens with two attached hydrogens (primary N) is 2. The molecule has 1 aliphatic rings. The third kappa shape index (κ3) is 4.29. The summed E-state index contributed by atoms with van der Waals surface area (Å²) in [6.07, 6.45) is 2.95. The number of piperidine rings is 1. The van der Waals surface area contributed by atoms with E-state index in [-0.39, 0.29) is 11.8 Å². The van der Waals surface area contributed by atoms with E-state index in [4.69, 9.17) is 11.5 Å². The van der Waals surface area contributed by atoms with Gasteiger partial charge in [0.05, 0.1) is 0 Å². The van der Waals surface area contributed by atoms with Crippen molar-refractivity contribution in [1.29, 1.82) is 0 Å². The highest BCUT2D eigenvalue weighted by atomic mass is 16.2. The maximum absolute atomic E-state index is 12.4. The molecule has 2 amide bonds. The van der Waals surface area contributed by atoms with Gasteiger partial charge in [-0.15, -0.1) is 0 Å². The summed E-state index contributed by atoms with van der Waals surface area (Å²) >= 11 is 0. The number of likely N-dealkylation sites (tertiary alicyclic amines) is 1. The van der Waals surface area contributed by atoms with Gasteiger partial charge in [-0.1, -0.05) is 12.1 Å². The molecule has 0 atom stereocenters. The van der Waals surface area contributed by atoms with Crippen molar-refractivity contribution < 1.29 is 9.59 Å². The van der Waals surface area contributed by atoms with Crippen LogP contribution in [0.15, 0.2) is 24.3 Å². The Morgan fingerprint density at radius 2 is 1.76 bits per heavy atom. The van der Waals surface area contributed by atoms with Crippen molar-refractivity contribution in [2.75, 3.05) is 19.6 Å². The van der Waals surface area contributed by atoms with Crippen LogP contribution >= 0.6 is 0 Å². The van der Waals surface area contributed by atoms with Gasteiger partial charge in [-0.25, -0.2) is 0 Å². The minimum Gasteiger partial charge on any atom is -0.370 e. The molecule has 21 heavy (non-hydrogen) atoms. The Hall–Kier alpha value is -1.88. The SMILES string of the molecule is NCCc1ccc(C(=O)N2CCC(CC(N)=O)CC2)cc1. The van der Waals surface area contributed by atoms with Crippen LogP contribution < -0.4 is 11.5 Å². The van der Waals surface area contributed by atoms with E-state index < -0.39 is 0 Å². The highest BCUT2D eigenvalue weighted by Crippen LogP contribution is 2.21. The lowest BCUT2D eigenvalue weighted by Crippen LogP contribution is -2.39. The van der Waals surface area contributed by atoms with Crippen LogP contribution in [0.2, 0.25) is 0 Å². The monoisotopic (exact) mass is 289 g/mol. The quantitative estimate of drug-likeness (QED) is 0.844. The normalized spacial score (nSPS) is 16.0. The number of nitrogens with zero attached hydrogens (tertiary/aromatic N) is 1. The Morgan fingerprint density at radius 1 is 1.14 bits per heavy atom. The zero-order chi connectivity index (χ0) is 15.2. The van der Waals surface area contributed by atoms with Crippen LogP contribution in [0.3, 0.4) is 0 Å². The van der Waals surface area contributed by atoms with Gasteiger partial charge in [-0.2, -0.15) is 0 Å². The molecule has 1 heterocycles. The first-order valence-electron chi connectivity index (χ1n) is 7.46. The van der Waals surface area contributed by atoms with Crippen LogP contribution in [0, 0.1) is 5.92 Å². The van der Waals surface area contributed by atoms with E-state index in [1.54, 1.807) is 0 Å². The summed E-state index contributed by atoms with van der Waals surface area (Å²) in [4.78, 5) is 25.2. The first-order chi connectivity index (χ1) is 10.1. The Labute approximate surface area is 125 Å². The predicted octanol–water partition coefficient (Wildman–Crippen LogP) is 0.915. The van der Waals surface area contributed by atoms with E-state index >= 15 is 0 Å². The fourth-order valence-corrected chi connectivity index (χ4v) is 2.79. The molecule has 114 valence electrons. The van der Waals surface area contributed by atoms with Gasteiger partial charge in [-0.3, -0.25) is 9.59 Å². The number of hydrogen-bond donors (Lipinski definition) is 2. The van der Waals surface area contributed by atoms with E-state index in [1.165, 1.54) is 0 Å². The van der Waals surface area contributed by atoms with E-state index in [0.29, 0.717) is 37.5 Å². The fraction of sp³-hybridized carbons (Fsp3) is 0.500. The van der Waals surface area contributed by atoms with Crippen LogP contribution in [0.5, 0.6) is 0 Å². The number of carbonyl (C=O) groups is 2. The predicted molar refractivity (Wildman–Crippen MR) is 81.6 cm³/mol. The number of benzene rings is 1. The Kier molecular flexibility index (Phi) is 5.33. The molecule has 2 rings (SSSR count). The topological polar surface area (TPSA) is 89.4 Å². The van der Waals surface area contributed by atoms with Crippen molar-refractivity contribution >= 4 is 11.8 Å². The second-order valence-corrected chi connectivity index (χ2v) is 5.64. The molecule has 5 heteroatoms. The number of amides is 2. The van der Waals surface area contributed by atoms with Gasteiger partial charge in [0.25, 0.3) is 5.91 Å². The van der Waals surface area contributed by atoms with Crippen LogP contribution in [0.4, 0.5) is 0 Å². The molecule has 0 spiro atoms. The molecule has 0 radical (unpaired) electrons. The van der Waals surface area contributed by atoms with Gasteiger partial charge in [-0.05, 0) is 49.4 Å². The third-order valence-corrected chi connectivity index (χ3v) is 4.03. The van der Waals surface area contributed by atoms with Crippen molar-refractivity contribution in [2.45, 2.75) is 25.7 Å². The summed E-state index contributed by atoms with van der Waals surface area (Å²) < 4.78 is 0. The molecule has 1 aromatic rings. The summed E-state index contributed by atoms with van der Waals surface area (Å²) in [5.41, 5.74) is 12.6. The standard InChI is InChI=1S/C16H23N3O2/c17-8-5-12-1-3-14(4-2-12)16(21)19-9-6-13(7-10-19)11-15(18)20/h1-4,13H,5-11,17H2,(H2,18,20). The van der Waals surface area contributed by atoms with Gasteiger partial charge >= 0.3 is 0 Å². The fourth-order valence-electron chi connectivity index (χ4n) is 2.79. The summed E-state index contributed by atoms with van der Waals surface area (Å²) in [5.74, 6) is 0.126. The zero-order valence-electron chi connectivity index (χ0n) is 12.3. The lowest BCUT2D eigenvalue weighted by atomic mass is 9.93. The van der Waals surface area contributed by atoms with Gasteiger partial charge in [0.2, 0.25) is 5.91 Å².